The molecule has 0 heterocycles. The Morgan fingerprint density at radius 2 is 2.18 bits per heavy atom. The number of hydrogen-bond donors (Lipinski definition) is 1. The second-order valence-corrected chi connectivity index (χ2v) is 4.12. The zero-order chi connectivity index (χ0) is 8.27. The molecule has 11 heavy (non-hydrogen) atoms. The molecule has 0 radical (unpaired) electrons. The first-order chi connectivity index (χ1) is 5.24. The van der Waals surface area contributed by atoms with Crippen LogP contribution >= 0.6 is 34.5 Å². The van der Waals surface area contributed by atoms with Gasteiger partial charge in [0.25, 0.3) is 0 Å². The van der Waals surface area contributed by atoms with E-state index in [2.05, 4.69) is 52.4 Å². The van der Waals surface area contributed by atoms with Gasteiger partial charge in [-0.15, -0.1) is 0 Å². The van der Waals surface area contributed by atoms with Gasteiger partial charge in [0.2, 0.25) is 0 Å². The van der Waals surface area contributed by atoms with Crippen LogP contribution in [0.25, 0.3) is 0 Å². The topological polar surface area (TPSA) is 12.0 Å². The van der Waals surface area contributed by atoms with Crippen LogP contribution in [0.1, 0.15) is 5.56 Å². The average Bonchev–Trinajstić information content (AvgIpc) is 1.95. The first kappa shape index (κ1) is 9.19. The van der Waals surface area contributed by atoms with E-state index in [1.165, 1.54) is 14.8 Å². The minimum absolute atomic E-state index is 1.21. The molecule has 0 spiro atoms. The molecule has 0 aliphatic heterocycles. The standard InChI is InChI=1S/C8H10INS/c1-6-5-7(9)3-4-8(6)10-11-2/h3-5,10H,1-2H3. The van der Waals surface area contributed by atoms with Crippen molar-refractivity contribution in [3.8, 4) is 0 Å². The monoisotopic (exact) mass is 279 g/mol. The summed E-state index contributed by atoms with van der Waals surface area (Å²) >= 11 is 3.94. The summed E-state index contributed by atoms with van der Waals surface area (Å²) in [6, 6.07) is 6.37. The first-order valence-corrected chi connectivity index (χ1v) is 5.59. The molecule has 3 heteroatoms. The highest BCUT2D eigenvalue weighted by molar-refractivity contribution is 14.1. The number of nitrogens with one attached hydrogen (secondary N) is 1. The minimum atomic E-state index is 1.21. The number of benzene rings is 1. The summed E-state index contributed by atoms with van der Waals surface area (Å²) in [4.78, 5) is 0. The molecule has 1 aromatic carbocycles. The highest BCUT2D eigenvalue weighted by Gasteiger charge is 1.95. The number of anilines is 1. The average molecular weight is 279 g/mol. The van der Waals surface area contributed by atoms with E-state index in [0.29, 0.717) is 0 Å². The van der Waals surface area contributed by atoms with Crippen molar-refractivity contribution in [2.45, 2.75) is 6.92 Å². The summed E-state index contributed by atoms with van der Waals surface area (Å²) in [6.45, 7) is 2.11. The third-order valence-corrected chi connectivity index (χ3v) is 2.50. The molecule has 0 aromatic heterocycles. The lowest BCUT2D eigenvalue weighted by molar-refractivity contribution is 1.45. The normalized spacial score (nSPS) is 9.73. The largest absolute Gasteiger partial charge is 0.330 e. The molecule has 1 N–H and O–H groups in total. The maximum atomic E-state index is 3.22. The van der Waals surface area contributed by atoms with E-state index in [-0.39, 0.29) is 0 Å². The van der Waals surface area contributed by atoms with Gasteiger partial charge in [0.1, 0.15) is 0 Å². The Hall–Kier alpha value is 0.1000. The quantitative estimate of drug-likeness (QED) is 0.658. The highest BCUT2D eigenvalue weighted by Crippen LogP contribution is 2.19. The van der Waals surface area contributed by atoms with Crippen molar-refractivity contribution >= 4 is 40.2 Å². The van der Waals surface area contributed by atoms with Gasteiger partial charge >= 0.3 is 0 Å². The van der Waals surface area contributed by atoms with Crippen LogP contribution < -0.4 is 4.72 Å². The van der Waals surface area contributed by atoms with E-state index in [1.54, 1.807) is 11.9 Å². The van der Waals surface area contributed by atoms with E-state index >= 15 is 0 Å². The molecule has 1 aromatic rings. The van der Waals surface area contributed by atoms with Crippen LogP contribution in [0.2, 0.25) is 0 Å². The summed E-state index contributed by atoms with van der Waals surface area (Å²) in [6.07, 6.45) is 2.03. The SMILES string of the molecule is CSNc1ccc(I)cc1C. The second kappa shape index (κ2) is 4.21. The maximum absolute atomic E-state index is 3.22. The van der Waals surface area contributed by atoms with Crippen molar-refractivity contribution in [2.75, 3.05) is 11.0 Å². The third kappa shape index (κ3) is 2.56. The lowest BCUT2D eigenvalue weighted by atomic mass is 10.2. The van der Waals surface area contributed by atoms with Crippen LogP contribution in [-0.2, 0) is 0 Å². The molecule has 0 atom stereocenters. The Morgan fingerprint density at radius 3 is 2.73 bits per heavy atom. The van der Waals surface area contributed by atoms with Crippen molar-refractivity contribution in [3.05, 3.63) is 27.3 Å². The fourth-order valence-corrected chi connectivity index (χ4v) is 1.95. The number of aryl methyl sites for hydroxylation is 1. The third-order valence-electron chi connectivity index (χ3n) is 1.40. The van der Waals surface area contributed by atoms with Crippen LogP contribution in [0, 0.1) is 10.5 Å². The van der Waals surface area contributed by atoms with Crippen LogP contribution in [0.4, 0.5) is 5.69 Å². The second-order valence-electron chi connectivity index (χ2n) is 2.27. The van der Waals surface area contributed by atoms with Crippen molar-refractivity contribution < 1.29 is 0 Å². The van der Waals surface area contributed by atoms with Gasteiger partial charge in [-0.2, -0.15) is 0 Å². The zero-order valence-corrected chi connectivity index (χ0v) is 9.49. The Kier molecular flexibility index (Phi) is 3.51. The fourth-order valence-electron chi connectivity index (χ4n) is 0.852. The van der Waals surface area contributed by atoms with Crippen LogP contribution in [0.3, 0.4) is 0 Å². The predicted molar refractivity (Wildman–Crippen MR) is 61.0 cm³/mol. The molecule has 0 bridgehead atoms. The lowest BCUT2D eigenvalue weighted by Crippen LogP contribution is -1.88. The van der Waals surface area contributed by atoms with Gasteiger partial charge < -0.3 is 4.72 Å². The number of halogens is 1. The molecule has 0 fully saturated rings. The molecule has 1 nitrogen and oxygen atoms in total. The summed E-state index contributed by atoms with van der Waals surface area (Å²) in [5.74, 6) is 0. The molecular formula is C8H10INS. The van der Waals surface area contributed by atoms with Crippen molar-refractivity contribution in [1.29, 1.82) is 0 Å². The number of rotatable bonds is 2. The van der Waals surface area contributed by atoms with E-state index in [0.717, 1.165) is 0 Å². The number of hydrogen-bond acceptors (Lipinski definition) is 2. The van der Waals surface area contributed by atoms with Crippen molar-refractivity contribution in [2.24, 2.45) is 0 Å². The van der Waals surface area contributed by atoms with E-state index in [4.69, 9.17) is 0 Å². The maximum Gasteiger partial charge on any atom is 0.0470 e. The van der Waals surface area contributed by atoms with Crippen molar-refractivity contribution in [1.82, 2.24) is 0 Å². The van der Waals surface area contributed by atoms with Crippen LogP contribution in [0.5, 0.6) is 0 Å². The molecule has 1 rings (SSSR count). The smallest absolute Gasteiger partial charge is 0.0470 e. The zero-order valence-electron chi connectivity index (χ0n) is 6.52. The van der Waals surface area contributed by atoms with Gasteiger partial charge in [0.15, 0.2) is 0 Å². The Labute approximate surface area is 85.2 Å². The van der Waals surface area contributed by atoms with E-state index < -0.39 is 0 Å². The summed E-state index contributed by atoms with van der Waals surface area (Å²) in [5.41, 5.74) is 2.50. The van der Waals surface area contributed by atoms with E-state index in [9.17, 15) is 0 Å². The Balaban J connectivity index is 2.90. The van der Waals surface area contributed by atoms with Gasteiger partial charge in [-0.05, 0) is 53.3 Å². The highest BCUT2D eigenvalue weighted by atomic mass is 127. The van der Waals surface area contributed by atoms with Gasteiger partial charge in [0, 0.05) is 15.5 Å². The molecule has 0 saturated carbocycles. The molecule has 0 amide bonds. The van der Waals surface area contributed by atoms with Crippen LogP contribution in [0.15, 0.2) is 18.2 Å². The molecule has 60 valence electrons. The molecule has 0 aliphatic carbocycles. The summed E-state index contributed by atoms with van der Waals surface area (Å²) in [5, 5.41) is 0. The molecule has 0 saturated heterocycles. The van der Waals surface area contributed by atoms with E-state index in [1.807, 2.05) is 6.26 Å². The lowest BCUT2D eigenvalue weighted by Gasteiger charge is -2.05. The fraction of sp³-hybridized carbons (Fsp3) is 0.250. The van der Waals surface area contributed by atoms with Gasteiger partial charge in [0.05, 0.1) is 0 Å². The Bertz CT molecular complexity index is 250. The predicted octanol–water partition coefficient (Wildman–Crippen LogP) is 3.29. The molecular weight excluding hydrogens is 269 g/mol. The van der Waals surface area contributed by atoms with Gasteiger partial charge in [-0.1, -0.05) is 11.9 Å². The summed E-state index contributed by atoms with van der Waals surface area (Å²) < 4.78 is 4.50. The van der Waals surface area contributed by atoms with Gasteiger partial charge in [-0.25, -0.2) is 0 Å². The van der Waals surface area contributed by atoms with Crippen LogP contribution in [-0.4, -0.2) is 6.26 Å². The Morgan fingerprint density at radius 1 is 1.45 bits per heavy atom. The van der Waals surface area contributed by atoms with Gasteiger partial charge in [-0.3, -0.25) is 0 Å². The molecule has 0 unspecified atom stereocenters. The molecule has 0 aliphatic rings. The first-order valence-electron chi connectivity index (χ1n) is 3.29. The summed E-state index contributed by atoms with van der Waals surface area (Å²) in [7, 11) is 0. The van der Waals surface area contributed by atoms with Crippen molar-refractivity contribution in [3.63, 3.8) is 0 Å². The minimum Gasteiger partial charge on any atom is -0.330 e.